The Labute approximate surface area is 117 Å². The van der Waals surface area contributed by atoms with Crippen molar-refractivity contribution in [1.29, 1.82) is 0 Å². The zero-order chi connectivity index (χ0) is 14.3. The van der Waals surface area contributed by atoms with Crippen LogP contribution in [0.4, 0.5) is 21.5 Å². The topological polar surface area (TPSA) is 19.4 Å². The normalized spacial score (nSPS) is 13.6. The third kappa shape index (κ3) is 1.69. The smallest absolute Gasteiger partial charge is 0.149 e. The highest BCUT2D eigenvalue weighted by Gasteiger charge is 2.31. The number of pyridine rings is 1. The van der Waals surface area contributed by atoms with Gasteiger partial charge in [-0.2, -0.15) is 0 Å². The van der Waals surface area contributed by atoms with Gasteiger partial charge in [0.2, 0.25) is 0 Å². The molecule has 0 saturated heterocycles. The van der Waals surface area contributed by atoms with E-state index in [1.54, 1.807) is 30.3 Å². The molecule has 1 aromatic heterocycles. The van der Waals surface area contributed by atoms with Crippen LogP contribution >= 0.6 is 0 Å². The molecule has 0 saturated carbocycles. The lowest BCUT2D eigenvalue weighted by Crippen LogP contribution is -2.20. The van der Waals surface area contributed by atoms with Crippen molar-refractivity contribution >= 4 is 23.1 Å². The molecule has 3 rings (SSSR count). The van der Waals surface area contributed by atoms with Crippen LogP contribution in [0.3, 0.4) is 0 Å². The maximum atomic E-state index is 14.0. The number of halogens is 1. The summed E-state index contributed by atoms with van der Waals surface area (Å²) in [7, 11) is 1.80. The molecule has 20 heavy (non-hydrogen) atoms. The van der Waals surface area contributed by atoms with Crippen molar-refractivity contribution in [3.8, 4) is 0 Å². The van der Waals surface area contributed by atoms with Gasteiger partial charge in [-0.1, -0.05) is 19.2 Å². The van der Waals surface area contributed by atoms with Crippen LogP contribution in [0.15, 0.2) is 55.5 Å². The second kappa shape index (κ2) is 4.49. The summed E-state index contributed by atoms with van der Waals surface area (Å²) in [4.78, 5) is 7.91. The SMILES string of the molecule is C=Cc1ccc(N2C(=C)N(C)c3c(F)cccc32)cn1. The average molecular weight is 267 g/mol. The van der Waals surface area contributed by atoms with Gasteiger partial charge in [0.25, 0.3) is 0 Å². The minimum absolute atomic E-state index is 0.260. The quantitative estimate of drug-likeness (QED) is 0.822. The Balaban J connectivity index is 2.13. The summed E-state index contributed by atoms with van der Waals surface area (Å²) in [6, 6.07) is 8.80. The van der Waals surface area contributed by atoms with Crippen molar-refractivity contribution < 1.29 is 4.39 Å². The molecule has 3 nitrogen and oxygen atoms in total. The number of nitrogens with zero attached hydrogens (tertiary/aromatic N) is 3. The number of benzene rings is 1. The fraction of sp³-hybridized carbons (Fsp3) is 0.0625. The minimum Gasteiger partial charge on any atom is -0.327 e. The summed E-state index contributed by atoms with van der Waals surface area (Å²) in [5.74, 6) is 0.433. The molecule has 0 spiro atoms. The Hall–Kier alpha value is -2.62. The summed E-state index contributed by atoms with van der Waals surface area (Å²) in [6.07, 6.45) is 3.42. The molecule has 1 aliphatic rings. The fourth-order valence-electron chi connectivity index (χ4n) is 2.37. The van der Waals surface area contributed by atoms with Gasteiger partial charge in [0.05, 0.1) is 23.3 Å². The third-order valence-corrected chi connectivity index (χ3v) is 3.43. The standard InChI is InChI=1S/C16H14FN3/c1-4-12-8-9-13(10-18-12)20-11(2)19(3)16-14(17)6-5-7-15(16)20/h4-10H,1-2H2,3H3. The van der Waals surface area contributed by atoms with Crippen molar-refractivity contribution in [2.75, 3.05) is 16.8 Å². The Kier molecular flexibility index (Phi) is 2.79. The summed E-state index contributed by atoms with van der Waals surface area (Å²) in [6.45, 7) is 7.71. The Bertz CT molecular complexity index is 691. The number of hydrogen-bond donors (Lipinski definition) is 0. The van der Waals surface area contributed by atoms with E-state index >= 15 is 0 Å². The summed E-state index contributed by atoms with van der Waals surface area (Å²) in [5.41, 5.74) is 2.94. The zero-order valence-electron chi connectivity index (χ0n) is 11.2. The lowest BCUT2D eigenvalue weighted by atomic mass is 10.2. The van der Waals surface area contributed by atoms with Crippen LogP contribution in [-0.2, 0) is 0 Å². The number of para-hydroxylation sites is 1. The molecule has 2 aromatic rings. The fourth-order valence-corrected chi connectivity index (χ4v) is 2.37. The molecular formula is C16H14FN3. The summed E-state index contributed by atoms with van der Waals surface area (Å²) >= 11 is 0. The lowest BCUT2D eigenvalue weighted by Gasteiger charge is -2.21. The number of anilines is 3. The monoisotopic (exact) mass is 267 g/mol. The van der Waals surface area contributed by atoms with Crippen molar-refractivity contribution in [2.45, 2.75) is 0 Å². The van der Waals surface area contributed by atoms with Crippen LogP contribution < -0.4 is 9.80 Å². The first-order valence-electron chi connectivity index (χ1n) is 6.23. The molecule has 0 atom stereocenters. The van der Waals surface area contributed by atoms with E-state index in [-0.39, 0.29) is 5.82 Å². The molecule has 0 unspecified atom stereocenters. The maximum Gasteiger partial charge on any atom is 0.149 e. The molecule has 0 radical (unpaired) electrons. The second-order valence-electron chi connectivity index (χ2n) is 4.56. The predicted molar refractivity (Wildman–Crippen MR) is 80.4 cm³/mol. The van der Waals surface area contributed by atoms with Gasteiger partial charge in [0, 0.05) is 7.05 Å². The van der Waals surface area contributed by atoms with E-state index in [2.05, 4.69) is 18.1 Å². The van der Waals surface area contributed by atoms with Gasteiger partial charge in [-0.15, -0.1) is 0 Å². The number of hydrogen-bond acceptors (Lipinski definition) is 3. The van der Waals surface area contributed by atoms with Crippen LogP contribution in [0.5, 0.6) is 0 Å². The molecule has 1 aliphatic heterocycles. The highest BCUT2D eigenvalue weighted by Crippen LogP contribution is 2.45. The summed E-state index contributed by atoms with van der Waals surface area (Å²) < 4.78 is 14.0. The molecule has 0 bridgehead atoms. The van der Waals surface area contributed by atoms with E-state index in [1.165, 1.54) is 6.07 Å². The van der Waals surface area contributed by atoms with E-state index in [0.29, 0.717) is 11.5 Å². The van der Waals surface area contributed by atoms with E-state index in [1.807, 2.05) is 23.1 Å². The third-order valence-electron chi connectivity index (χ3n) is 3.43. The molecule has 0 amide bonds. The molecule has 1 aromatic carbocycles. The molecule has 0 fully saturated rings. The first-order valence-corrected chi connectivity index (χ1v) is 6.23. The van der Waals surface area contributed by atoms with E-state index in [9.17, 15) is 4.39 Å². The van der Waals surface area contributed by atoms with Crippen molar-refractivity contribution in [2.24, 2.45) is 0 Å². The van der Waals surface area contributed by atoms with Gasteiger partial charge in [-0.05, 0) is 30.3 Å². The molecule has 2 heterocycles. The van der Waals surface area contributed by atoms with Crippen LogP contribution in [0.25, 0.3) is 6.08 Å². The Morgan fingerprint density at radius 1 is 1.25 bits per heavy atom. The van der Waals surface area contributed by atoms with Gasteiger partial charge < -0.3 is 4.90 Å². The predicted octanol–water partition coefficient (Wildman–Crippen LogP) is 3.92. The first kappa shape index (κ1) is 12.4. The highest BCUT2D eigenvalue weighted by atomic mass is 19.1. The van der Waals surface area contributed by atoms with Gasteiger partial charge in [0.1, 0.15) is 17.3 Å². The minimum atomic E-state index is -0.260. The zero-order valence-corrected chi connectivity index (χ0v) is 11.2. The average Bonchev–Trinajstić information content (AvgIpc) is 2.72. The van der Waals surface area contributed by atoms with Crippen LogP contribution in [-0.4, -0.2) is 12.0 Å². The number of fused-ring (bicyclic) bond motifs is 1. The molecular weight excluding hydrogens is 253 g/mol. The molecule has 100 valence electrons. The van der Waals surface area contributed by atoms with E-state index in [0.717, 1.165) is 17.1 Å². The van der Waals surface area contributed by atoms with Gasteiger partial charge in [-0.25, -0.2) is 4.39 Å². The second-order valence-corrected chi connectivity index (χ2v) is 4.56. The first-order chi connectivity index (χ1) is 9.63. The van der Waals surface area contributed by atoms with Gasteiger partial charge >= 0.3 is 0 Å². The molecule has 4 heteroatoms. The van der Waals surface area contributed by atoms with E-state index < -0.39 is 0 Å². The number of rotatable bonds is 2. The Morgan fingerprint density at radius 2 is 2.05 bits per heavy atom. The van der Waals surface area contributed by atoms with E-state index in [4.69, 9.17) is 0 Å². The maximum absolute atomic E-state index is 14.0. The summed E-state index contributed by atoms with van der Waals surface area (Å²) in [5, 5.41) is 0. The number of aromatic nitrogens is 1. The van der Waals surface area contributed by atoms with Gasteiger partial charge in [0.15, 0.2) is 0 Å². The molecule has 0 N–H and O–H groups in total. The highest BCUT2D eigenvalue weighted by molar-refractivity contribution is 5.88. The van der Waals surface area contributed by atoms with Crippen LogP contribution in [0.1, 0.15) is 5.69 Å². The largest absolute Gasteiger partial charge is 0.327 e. The van der Waals surface area contributed by atoms with Gasteiger partial charge in [-0.3, -0.25) is 9.88 Å². The van der Waals surface area contributed by atoms with Crippen molar-refractivity contribution in [3.63, 3.8) is 0 Å². The molecule has 0 aliphatic carbocycles. The Morgan fingerprint density at radius 3 is 2.70 bits per heavy atom. The van der Waals surface area contributed by atoms with Crippen molar-refractivity contribution in [3.05, 3.63) is 67.0 Å². The lowest BCUT2D eigenvalue weighted by molar-refractivity contribution is 0.629. The van der Waals surface area contributed by atoms with Crippen LogP contribution in [0.2, 0.25) is 0 Å². The van der Waals surface area contributed by atoms with Crippen LogP contribution in [0, 0.1) is 5.82 Å². The van der Waals surface area contributed by atoms with Crippen molar-refractivity contribution in [1.82, 2.24) is 4.98 Å².